The second-order valence-corrected chi connectivity index (χ2v) is 4.50. The first-order chi connectivity index (χ1) is 6.24. The molecular weight excluding hydrogens is 160 g/mol. The highest BCUT2D eigenvalue weighted by atomic mass is 15.1. The van der Waals surface area contributed by atoms with Gasteiger partial charge in [-0.25, -0.2) is 0 Å². The van der Waals surface area contributed by atoms with Gasteiger partial charge in [-0.1, -0.05) is 0 Å². The standard InChI is InChI=1S/C11H24N2/c1-10(2)13-8-5-11(6-9-13)4-3-7-12/h10-11H,3-9,12H2,1-2H3. The summed E-state index contributed by atoms with van der Waals surface area (Å²) in [5.41, 5.74) is 5.51. The highest BCUT2D eigenvalue weighted by Crippen LogP contribution is 2.22. The molecule has 1 fully saturated rings. The van der Waals surface area contributed by atoms with Gasteiger partial charge in [0.05, 0.1) is 0 Å². The summed E-state index contributed by atoms with van der Waals surface area (Å²) in [5.74, 6) is 0.957. The molecule has 1 rings (SSSR count). The zero-order chi connectivity index (χ0) is 9.68. The Morgan fingerprint density at radius 1 is 1.31 bits per heavy atom. The zero-order valence-electron chi connectivity index (χ0n) is 9.13. The number of likely N-dealkylation sites (tertiary alicyclic amines) is 1. The molecule has 1 heterocycles. The maximum absolute atomic E-state index is 5.51. The number of hydrogen-bond donors (Lipinski definition) is 1. The smallest absolute Gasteiger partial charge is 0.00385 e. The number of rotatable bonds is 4. The zero-order valence-corrected chi connectivity index (χ0v) is 9.13. The number of piperidine rings is 1. The second-order valence-electron chi connectivity index (χ2n) is 4.50. The Morgan fingerprint density at radius 2 is 1.92 bits per heavy atom. The van der Waals surface area contributed by atoms with Crippen LogP contribution < -0.4 is 5.73 Å². The Balaban J connectivity index is 2.15. The summed E-state index contributed by atoms with van der Waals surface area (Å²) in [6.45, 7) is 8.05. The minimum atomic E-state index is 0.732. The normalized spacial score (nSPS) is 21.2. The fraction of sp³-hybridized carbons (Fsp3) is 1.00. The molecule has 2 heteroatoms. The fourth-order valence-electron chi connectivity index (χ4n) is 2.16. The maximum Gasteiger partial charge on any atom is 0.00385 e. The molecule has 0 radical (unpaired) electrons. The van der Waals surface area contributed by atoms with Gasteiger partial charge in [0.25, 0.3) is 0 Å². The van der Waals surface area contributed by atoms with Crippen molar-refractivity contribution in [1.82, 2.24) is 4.90 Å². The number of nitrogens with two attached hydrogens (primary N) is 1. The molecule has 0 bridgehead atoms. The predicted molar refractivity (Wildman–Crippen MR) is 57.7 cm³/mol. The Labute approximate surface area is 82.5 Å². The van der Waals surface area contributed by atoms with Crippen molar-refractivity contribution >= 4 is 0 Å². The van der Waals surface area contributed by atoms with Gasteiger partial charge < -0.3 is 10.6 Å². The van der Waals surface area contributed by atoms with Crippen molar-refractivity contribution in [3.8, 4) is 0 Å². The van der Waals surface area contributed by atoms with Crippen LogP contribution >= 0.6 is 0 Å². The molecule has 1 aliphatic heterocycles. The van der Waals surface area contributed by atoms with E-state index in [2.05, 4.69) is 18.7 Å². The van der Waals surface area contributed by atoms with E-state index in [1.807, 2.05) is 0 Å². The third-order valence-electron chi connectivity index (χ3n) is 3.20. The SMILES string of the molecule is CC(C)N1CCC(CCCN)CC1. The van der Waals surface area contributed by atoms with E-state index in [0.29, 0.717) is 0 Å². The monoisotopic (exact) mass is 184 g/mol. The van der Waals surface area contributed by atoms with Gasteiger partial charge in [-0.15, -0.1) is 0 Å². The van der Waals surface area contributed by atoms with Crippen LogP contribution in [0, 0.1) is 5.92 Å². The minimum Gasteiger partial charge on any atom is -0.330 e. The van der Waals surface area contributed by atoms with Gasteiger partial charge in [0, 0.05) is 6.04 Å². The van der Waals surface area contributed by atoms with E-state index < -0.39 is 0 Å². The Kier molecular flexibility index (Phi) is 4.74. The average molecular weight is 184 g/mol. The summed E-state index contributed by atoms with van der Waals surface area (Å²) in [6.07, 6.45) is 5.34. The van der Waals surface area contributed by atoms with Crippen LogP contribution in [0.3, 0.4) is 0 Å². The van der Waals surface area contributed by atoms with Gasteiger partial charge in [0.2, 0.25) is 0 Å². The van der Waals surface area contributed by atoms with Gasteiger partial charge >= 0.3 is 0 Å². The van der Waals surface area contributed by atoms with E-state index in [1.165, 1.54) is 38.8 Å². The van der Waals surface area contributed by atoms with Crippen LogP contribution in [0.2, 0.25) is 0 Å². The molecule has 0 spiro atoms. The van der Waals surface area contributed by atoms with Gasteiger partial charge in [-0.3, -0.25) is 0 Å². The van der Waals surface area contributed by atoms with Crippen LogP contribution in [-0.2, 0) is 0 Å². The molecule has 0 atom stereocenters. The average Bonchev–Trinajstić information content (AvgIpc) is 2.15. The molecule has 0 amide bonds. The Morgan fingerprint density at radius 3 is 2.38 bits per heavy atom. The summed E-state index contributed by atoms with van der Waals surface area (Å²) in [5, 5.41) is 0. The van der Waals surface area contributed by atoms with Crippen molar-refractivity contribution in [2.75, 3.05) is 19.6 Å². The summed E-state index contributed by atoms with van der Waals surface area (Å²) < 4.78 is 0. The third-order valence-corrected chi connectivity index (χ3v) is 3.20. The summed E-state index contributed by atoms with van der Waals surface area (Å²) in [4.78, 5) is 2.58. The van der Waals surface area contributed by atoms with E-state index in [0.717, 1.165) is 18.5 Å². The van der Waals surface area contributed by atoms with Crippen molar-refractivity contribution in [3.63, 3.8) is 0 Å². The van der Waals surface area contributed by atoms with E-state index in [1.54, 1.807) is 0 Å². The van der Waals surface area contributed by atoms with Crippen LogP contribution in [-0.4, -0.2) is 30.6 Å². The van der Waals surface area contributed by atoms with Crippen molar-refractivity contribution in [3.05, 3.63) is 0 Å². The van der Waals surface area contributed by atoms with E-state index >= 15 is 0 Å². The molecule has 2 nitrogen and oxygen atoms in total. The van der Waals surface area contributed by atoms with Crippen molar-refractivity contribution in [2.45, 2.75) is 45.6 Å². The second kappa shape index (κ2) is 5.61. The van der Waals surface area contributed by atoms with Gasteiger partial charge in [0.15, 0.2) is 0 Å². The lowest BCUT2D eigenvalue weighted by molar-refractivity contribution is 0.145. The lowest BCUT2D eigenvalue weighted by Crippen LogP contribution is -2.38. The Bertz CT molecular complexity index is 126. The molecule has 0 aliphatic carbocycles. The predicted octanol–water partition coefficient (Wildman–Crippen LogP) is 1.85. The molecule has 0 unspecified atom stereocenters. The molecule has 2 N–H and O–H groups in total. The first kappa shape index (κ1) is 11.0. The molecule has 13 heavy (non-hydrogen) atoms. The quantitative estimate of drug-likeness (QED) is 0.722. The van der Waals surface area contributed by atoms with E-state index in [9.17, 15) is 0 Å². The minimum absolute atomic E-state index is 0.732. The van der Waals surface area contributed by atoms with E-state index in [-0.39, 0.29) is 0 Å². The van der Waals surface area contributed by atoms with Crippen LogP contribution in [0.25, 0.3) is 0 Å². The van der Waals surface area contributed by atoms with Gasteiger partial charge in [0.1, 0.15) is 0 Å². The molecule has 0 aromatic heterocycles. The molecule has 0 saturated carbocycles. The molecule has 1 saturated heterocycles. The largest absolute Gasteiger partial charge is 0.330 e. The highest BCUT2D eigenvalue weighted by Gasteiger charge is 2.19. The van der Waals surface area contributed by atoms with Gasteiger partial charge in [-0.05, 0) is 65.1 Å². The fourth-order valence-corrected chi connectivity index (χ4v) is 2.16. The highest BCUT2D eigenvalue weighted by molar-refractivity contribution is 4.74. The molecular formula is C11H24N2. The Hall–Kier alpha value is -0.0800. The first-order valence-corrected chi connectivity index (χ1v) is 5.68. The van der Waals surface area contributed by atoms with E-state index in [4.69, 9.17) is 5.73 Å². The summed E-state index contributed by atoms with van der Waals surface area (Å²) in [7, 11) is 0. The van der Waals surface area contributed by atoms with Gasteiger partial charge in [-0.2, -0.15) is 0 Å². The van der Waals surface area contributed by atoms with Crippen LogP contribution in [0.5, 0.6) is 0 Å². The lowest BCUT2D eigenvalue weighted by atomic mass is 9.92. The van der Waals surface area contributed by atoms with Crippen LogP contribution in [0.15, 0.2) is 0 Å². The summed E-state index contributed by atoms with van der Waals surface area (Å²) >= 11 is 0. The van der Waals surface area contributed by atoms with Crippen LogP contribution in [0.4, 0.5) is 0 Å². The van der Waals surface area contributed by atoms with Crippen molar-refractivity contribution in [1.29, 1.82) is 0 Å². The third kappa shape index (κ3) is 3.65. The van der Waals surface area contributed by atoms with Crippen LogP contribution in [0.1, 0.15) is 39.5 Å². The number of nitrogens with zero attached hydrogens (tertiary/aromatic N) is 1. The molecule has 0 aromatic rings. The summed E-state index contributed by atoms with van der Waals surface area (Å²) in [6, 6.07) is 0.732. The topological polar surface area (TPSA) is 29.3 Å². The number of hydrogen-bond acceptors (Lipinski definition) is 2. The maximum atomic E-state index is 5.51. The van der Waals surface area contributed by atoms with Crippen molar-refractivity contribution in [2.24, 2.45) is 11.7 Å². The molecule has 78 valence electrons. The first-order valence-electron chi connectivity index (χ1n) is 5.68. The molecule has 1 aliphatic rings. The lowest BCUT2D eigenvalue weighted by Gasteiger charge is -2.34. The van der Waals surface area contributed by atoms with Crippen molar-refractivity contribution < 1.29 is 0 Å². The molecule has 0 aromatic carbocycles.